The number of halogens is 2. The fourth-order valence-corrected chi connectivity index (χ4v) is 3.22. The van der Waals surface area contributed by atoms with E-state index in [4.69, 9.17) is 21.9 Å². The van der Waals surface area contributed by atoms with Gasteiger partial charge in [-0.1, -0.05) is 28.8 Å². The number of carbonyl (C=O) groups is 2. The summed E-state index contributed by atoms with van der Waals surface area (Å²) < 4.78 is 19.4. The van der Waals surface area contributed by atoms with Crippen LogP contribution >= 0.6 is 11.6 Å². The number of nitrogens with zero attached hydrogens (tertiary/aromatic N) is 4. The molecular weight excluding hydrogens is 375 g/mol. The first kappa shape index (κ1) is 21.0. The molecule has 2 atom stereocenters. The minimum Gasteiger partial charge on any atom is -0.444 e. The molecule has 0 aliphatic carbocycles. The average molecular weight is 397 g/mol. The largest absolute Gasteiger partial charge is 0.444 e. The number of hydrogen-bond donors (Lipinski definition) is 0. The third-order valence-electron chi connectivity index (χ3n) is 4.20. The first-order valence-corrected chi connectivity index (χ1v) is 9.01. The number of rotatable bonds is 5. The van der Waals surface area contributed by atoms with E-state index >= 15 is 0 Å². The summed E-state index contributed by atoms with van der Waals surface area (Å²) in [7, 11) is 0. The molecule has 0 spiro atoms. The molecule has 27 heavy (non-hydrogen) atoms. The molecule has 7 nitrogen and oxygen atoms in total. The predicted molar refractivity (Wildman–Crippen MR) is 99.0 cm³/mol. The summed E-state index contributed by atoms with van der Waals surface area (Å²) in [6.45, 7) is 5.43. The Balaban J connectivity index is 2.15. The number of likely N-dealkylation sites (tertiary alicyclic amines) is 1. The van der Waals surface area contributed by atoms with Crippen LogP contribution in [0.15, 0.2) is 23.3 Å². The molecular formula is C18H22ClFN4O3. The second-order valence-electron chi connectivity index (χ2n) is 7.36. The molecule has 9 heteroatoms. The quantitative estimate of drug-likeness (QED) is 0.411. The van der Waals surface area contributed by atoms with Gasteiger partial charge in [0.1, 0.15) is 17.5 Å². The number of azide groups is 1. The number of Topliss-reactive ketones (excluding diaryl/α,β-unsaturated/α-hetero) is 1. The SMILES string of the molecule is CC(C)(C)OC(=O)N1CC[C@@H](N=[N+]=[N-])[C@H]1C(=O)CCc1cccc(Cl)c1F. The molecule has 0 radical (unpaired) electrons. The van der Waals surface area contributed by atoms with Crippen LogP contribution in [-0.2, 0) is 16.0 Å². The second kappa shape index (κ2) is 8.59. The summed E-state index contributed by atoms with van der Waals surface area (Å²) in [6.07, 6.45) is -0.151. The Morgan fingerprint density at radius 2 is 2.15 bits per heavy atom. The van der Waals surface area contributed by atoms with Crippen LogP contribution in [0.2, 0.25) is 5.02 Å². The van der Waals surface area contributed by atoms with E-state index < -0.39 is 29.6 Å². The highest BCUT2D eigenvalue weighted by atomic mass is 35.5. The highest BCUT2D eigenvalue weighted by Crippen LogP contribution is 2.26. The normalized spacial score (nSPS) is 19.5. The van der Waals surface area contributed by atoms with E-state index in [0.29, 0.717) is 12.0 Å². The second-order valence-corrected chi connectivity index (χ2v) is 7.77. The Labute approximate surface area is 162 Å². The van der Waals surface area contributed by atoms with Crippen molar-refractivity contribution in [1.29, 1.82) is 0 Å². The molecule has 146 valence electrons. The summed E-state index contributed by atoms with van der Waals surface area (Å²) in [6, 6.07) is 3.01. The molecule has 0 bridgehead atoms. The number of ether oxygens (including phenoxy) is 1. The molecule has 1 fully saturated rings. The van der Waals surface area contributed by atoms with Gasteiger partial charge in [-0.2, -0.15) is 0 Å². The fourth-order valence-electron chi connectivity index (χ4n) is 3.02. The lowest BCUT2D eigenvalue weighted by atomic mass is 9.99. The first-order valence-electron chi connectivity index (χ1n) is 8.63. The Morgan fingerprint density at radius 1 is 1.44 bits per heavy atom. The number of amides is 1. The average Bonchev–Trinajstić information content (AvgIpc) is 2.99. The van der Waals surface area contributed by atoms with Crippen LogP contribution < -0.4 is 0 Å². The van der Waals surface area contributed by atoms with Gasteiger partial charge in [-0.05, 0) is 50.8 Å². The maximum atomic E-state index is 14.0. The molecule has 0 saturated carbocycles. The summed E-state index contributed by atoms with van der Waals surface area (Å²) in [4.78, 5) is 29.3. The van der Waals surface area contributed by atoms with E-state index in [1.54, 1.807) is 32.9 Å². The summed E-state index contributed by atoms with van der Waals surface area (Å²) in [5, 5.41) is 3.65. The number of benzene rings is 1. The smallest absolute Gasteiger partial charge is 0.410 e. The van der Waals surface area contributed by atoms with Gasteiger partial charge in [-0.3, -0.25) is 9.69 Å². The van der Waals surface area contributed by atoms with Crippen LogP contribution in [0.25, 0.3) is 10.4 Å². The minimum absolute atomic E-state index is 0.0110. The zero-order valence-electron chi connectivity index (χ0n) is 15.5. The van der Waals surface area contributed by atoms with E-state index in [0.717, 1.165) is 0 Å². The van der Waals surface area contributed by atoms with Gasteiger partial charge in [0.15, 0.2) is 5.78 Å². The Bertz CT molecular complexity index is 774. The number of carbonyl (C=O) groups excluding carboxylic acids is 2. The molecule has 1 heterocycles. The van der Waals surface area contributed by atoms with E-state index in [1.807, 2.05) is 0 Å². The van der Waals surface area contributed by atoms with Crippen LogP contribution in [0.5, 0.6) is 0 Å². The van der Waals surface area contributed by atoms with Gasteiger partial charge in [0.25, 0.3) is 0 Å². The molecule has 1 aromatic rings. The van der Waals surface area contributed by atoms with Gasteiger partial charge in [0, 0.05) is 17.9 Å². The van der Waals surface area contributed by atoms with Crippen molar-refractivity contribution < 1.29 is 18.7 Å². The first-order chi connectivity index (χ1) is 12.6. The van der Waals surface area contributed by atoms with Gasteiger partial charge in [0.05, 0.1) is 11.1 Å². The lowest BCUT2D eigenvalue weighted by Crippen LogP contribution is -2.46. The van der Waals surface area contributed by atoms with Crippen LogP contribution in [-0.4, -0.2) is 41.0 Å². The molecule has 1 amide bonds. The van der Waals surface area contributed by atoms with E-state index in [2.05, 4.69) is 10.0 Å². The Kier molecular flexibility index (Phi) is 6.68. The third kappa shape index (κ3) is 5.34. The van der Waals surface area contributed by atoms with Gasteiger partial charge in [0.2, 0.25) is 0 Å². The fraction of sp³-hybridized carbons (Fsp3) is 0.556. The van der Waals surface area contributed by atoms with Crippen LogP contribution in [0.3, 0.4) is 0 Å². The van der Waals surface area contributed by atoms with Crippen molar-refractivity contribution in [3.63, 3.8) is 0 Å². The van der Waals surface area contributed by atoms with Gasteiger partial charge in [-0.15, -0.1) is 0 Å². The van der Waals surface area contributed by atoms with Crippen molar-refractivity contribution >= 4 is 23.5 Å². The summed E-state index contributed by atoms with van der Waals surface area (Å²) >= 11 is 5.76. The molecule has 1 aromatic carbocycles. The van der Waals surface area contributed by atoms with Gasteiger partial charge < -0.3 is 4.74 Å². The van der Waals surface area contributed by atoms with Gasteiger partial charge >= 0.3 is 6.09 Å². The third-order valence-corrected chi connectivity index (χ3v) is 4.49. The van der Waals surface area contributed by atoms with E-state index in [1.165, 1.54) is 11.0 Å². The van der Waals surface area contributed by atoms with E-state index in [-0.39, 0.29) is 30.2 Å². The maximum absolute atomic E-state index is 14.0. The molecule has 2 rings (SSSR count). The van der Waals surface area contributed by atoms with Crippen LogP contribution in [0.1, 0.15) is 39.2 Å². The Morgan fingerprint density at radius 3 is 2.78 bits per heavy atom. The zero-order valence-corrected chi connectivity index (χ0v) is 16.2. The van der Waals surface area contributed by atoms with Crippen LogP contribution in [0, 0.1) is 5.82 Å². The molecule has 0 N–H and O–H groups in total. The summed E-state index contributed by atoms with van der Waals surface area (Å²) in [5.74, 6) is -0.871. The van der Waals surface area contributed by atoms with Crippen molar-refractivity contribution in [1.82, 2.24) is 4.90 Å². The van der Waals surface area contributed by atoms with Crippen molar-refractivity contribution in [2.75, 3.05) is 6.54 Å². The van der Waals surface area contributed by atoms with Crippen molar-refractivity contribution in [3.05, 3.63) is 45.0 Å². The zero-order chi connectivity index (χ0) is 20.2. The number of ketones is 1. The number of hydrogen-bond acceptors (Lipinski definition) is 4. The minimum atomic E-state index is -0.919. The lowest BCUT2D eigenvalue weighted by Gasteiger charge is -2.29. The standard InChI is InChI=1S/C18H22ClFN4O3/c1-18(2,3)27-17(26)24-10-9-13(22-23-21)16(24)14(25)8-7-11-5-4-6-12(19)15(11)20/h4-6,13,16H,7-10H2,1-3H3/t13-,16+/m1/s1. The molecule has 1 saturated heterocycles. The van der Waals surface area contributed by atoms with Crippen molar-refractivity contribution in [2.45, 2.75) is 57.7 Å². The monoisotopic (exact) mass is 396 g/mol. The van der Waals surface area contributed by atoms with E-state index in [9.17, 15) is 14.0 Å². The van der Waals surface area contributed by atoms with Crippen LogP contribution in [0.4, 0.5) is 9.18 Å². The van der Waals surface area contributed by atoms with Gasteiger partial charge in [-0.25, -0.2) is 9.18 Å². The van der Waals surface area contributed by atoms with Crippen molar-refractivity contribution in [2.24, 2.45) is 5.11 Å². The topological polar surface area (TPSA) is 95.4 Å². The maximum Gasteiger partial charge on any atom is 0.410 e. The highest BCUT2D eigenvalue weighted by Gasteiger charge is 2.42. The molecule has 1 aliphatic heterocycles. The molecule has 0 aromatic heterocycles. The molecule has 1 aliphatic rings. The highest BCUT2D eigenvalue weighted by molar-refractivity contribution is 6.30. The molecule has 0 unspecified atom stereocenters. The van der Waals surface area contributed by atoms with Crippen molar-refractivity contribution in [3.8, 4) is 0 Å². The Hall–Kier alpha value is -2.31. The number of aryl methyl sites for hydroxylation is 1. The lowest BCUT2D eigenvalue weighted by molar-refractivity contribution is -0.123. The predicted octanol–water partition coefficient (Wildman–Crippen LogP) is 4.67. The summed E-state index contributed by atoms with van der Waals surface area (Å²) in [5.41, 5.74) is 8.36.